The monoisotopic (exact) mass is 360 g/mol. The minimum absolute atomic E-state index is 0.0461. The average molecular weight is 360 g/mol. The molecule has 2 aromatic heterocycles. The quantitative estimate of drug-likeness (QED) is 0.714. The van der Waals surface area contributed by atoms with Crippen LogP contribution in [0.25, 0.3) is 11.5 Å². The topological polar surface area (TPSA) is 72.1 Å². The van der Waals surface area contributed by atoms with E-state index in [0.29, 0.717) is 24.0 Å². The third kappa shape index (κ3) is 2.91. The smallest absolute Gasteiger partial charge is 0.254 e. The maximum Gasteiger partial charge on any atom is 0.254 e. The van der Waals surface area contributed by atoms with Gasteiger partial charge in [-0.25, -0.2) is 0 Å². The molecule has 0 radical (unpaired) electrons. The van der Waals surface area contributed by atoms with E-state index in [0.717, 1.165) is 31.2 Å². The molecule has 0 spiro atoms. The number of nitrogens with zero attached hydrogens (tertiary/aromatic N) is 4. The van der Waals surface area contributed by atoms with Gasteiger partial charge in [0.2, 0.25) is 11.7 Å². The van der Waals surface area contributed by atoms with Gasteiger partial charge in [-0.1, -0.05) is 17.3 Å². The van der Waals surface area contributed by atoms with Gasteiger partial charge in [0.05, 0.1) is 0 Å². The molecule has 6 nitrogen and oxygen atoms in total. The van der Waals surface area contributed by atoms with Crippen LogP contribution in [0.2, 0.25) is 0 Å². The van der Waals surface area contributed by atoms with Crippen molar-refractivity contribution in [1.29, 1.82) is 0 Å². The van der Waals surface area contributed by atoms with Crippen LogP contribution in [0.1, 0.15) is 52.7 Å². The third-order valence-corrected chi connectivity index (χ3v) is 5.48. The molecule has 5 rings (SSSR count). The van der Waals surface area contributed by atoms with Gasteiger partial charge in [-0.05, 0) is 67.5 Å². The Morgan fingerprint density at radius 2 is 2.04 bits per heavy atom. The third-order valence-electron chi connectivity index (χ3n) is 5.48. The van der Waals surface area contributed by atoms with E-state index in [1.54, 1.807) is 6.20 Å². The van der Waals surface area contributed by atoms with Gasteiger partial charge in [0, 0.05) is 18.3 Å². The molecule has 27 heavy (non-hydrogen) atoms. The summed E-state index contributed by atoms with van der Waals surface area (Å²) in [6.07, 6.45) is 6.83. The lowest BCUT2D eigenvalue weighted by Gasteiger charge is -2.22. The Bertz CT molecular complexity index is 983. The first kappa shape index (κ1) is 16.2. The number of hydrogen-bond donors (Lipinski definition) is 0. The van der Waals surface area contributed by atoms with E-state index in [1.807, 2.05) is 29.2 Å². The highest BCUT2D eigenvalue weighted by Crippen LogP contribution is 2.33. The van der Waals surface area contributed by atoms with Crippen LogP contribution in [0, 0.1) is 0 Å². The van der Waals surface area contributed by atoms with Crippen LogP contribution in [-0.4, -0.2) is 32.5 Å². The van der Waals surface area contributed by atoms with Gasteiger partial charge >= 0.3 is 0 Å². The van der Waals surface area contributed by atoms with Crippen molar-refractivity contribution in [3.8, 4) is 11.5 Å². The summed E-state index contributed by atoms with van der Waals surface area (Å²) in [6, 6.07) is 11.5. The molecule has 136 valence electrons. The van der Waals surface area contributed by atoms with Crippen molar-refractivity contribution in [2.45, 2.75) is 38.1 Å². The minimum Gasteiger partial charge on any atom is -0.337 e. The molecule has 0 bridgehead atoms. The van der Waals surface area contributed by atoms with Crippen molar-refractivity contribution in [3.05, 3.63) is 65.2 Å². The predicted octanol–water partition coefficient (Wildman–Crippen LogP) is 3.60. The highest BCUT2D eigenvalue weighted by molar-refractivity contribution is 5.95. The van der Waals surface area contributed by atoms with Crippen LogP contribution in [0.3, 0.4) is 0 Å². The van der Waals surface area contributed by atoms with Crippen LogP contribution in [0.4, 0.5) is 0 Å². The Morgan fingerprint density at radius 3 is 2.93 bits per heavy atom. The second kappa shape index (κ2) is 6.61. The first-order valence-corrected chi connectivity index (χ1v) is 9.47. The fraction of sp³-hybridized carbons (Fsp3) is 0.333. The molecule has 0 saturated carbocycles. The SMILES string of the molecule is O=C(c1ccc2c(c1)CCC2)N1CCC[C@H]1c1nc(-c2ccccn2)no1. The molecule has 1 aromatic carbocycles. The van der Waals surface area contributed by atoms with Gasteiger partial charge < -0.3 is 9.42 Å². The van der Waals surface area contributed by atoms with Crippen molar-refractivity contribution in [1.82, 2.24) is 20.0 Å². The van der Waals surface area contributed by atoms with Gasteiger partial charge in [-0.3, -0.25) is 9.78 Å². The van der Waals surface area contributed by atoms with Crippen molar-refractivity contribution in [2.75, 3.05) is 6.54 Å². The molecule has 1 amide bonds. The zero-order chi connectivity index (χ0) is 18.2. The highest BCUT2D eigenvalue weighted by Gasteiger charge is 2.35. The number of aromatic nitrogens is 3. The molecule has 0 unspecified atom stereocenters. The number of carbonyl (C=O) groups is 1. The van der Waals surface area contributed by atoms with E-state index in [2.05, 4.69) is 27.3 Å². The standard InChI is InChI=1S/C21H20N4O2/c26-21(16-10-9-14-5-3-6-15(14)13-16)25-12-4-8-18(25)20-23-19(24-27-20)17-7-1-2-11-22-17/h1-2,7,9-11,13,18H,3-6,8,12H2/t18-/m0/s1. The summed E-state index contributed by atoms with van der Waals surface area (Å²) in [5.74, 6) is 0.995. The fourth-order valence-corrected chi connectivity index (χ4v) is 4.11. The summed E-state index contributed by atoms with van der Waals surface area (Å²) in [7, 11) is 0. The van der Waals surface area contributed by atoms with E-state index in [9.17, 15) is 4.79 Å². The number of amides is 1. The normalized spacial score (nSPS) is 18.7. The fourth-order valence-electron chi connectivity index (χ4n) is 4.11. The second-order valence-electron chi connectivity index (χ2n) is 7.16. The van der Waals surface area contributed by atoms with E-state index >= 15 is 0 Å². The van der Waals surface area contributed by atoms with E-state index in [1.165, 1.54) is 17.5 Å². The summed E-state index contributed by atoms with van der Waals surface area (Å²) in [6.45, 7) is 0.710. The van der Waals surface area contributed by atoms with Crippen LogP contribution >= 0.6 is 0 Å². The number of likely N-dealkylation sites (tertiary alicyclic amines) is 1. The number of hydrogen-bond acceptors (Lipinski definition) is 5. The lowest BCUT2D eigenvalue weighted by molar-refractivity contribution is 0.0710. The maximum absolute atomic E-state index is 13.1. The van der Waals surface area contributed by atoms with E-state index in [-0.39, 0.29) is 11.9 Å². The molecule has 1 fully saturated rings. The van der Waals surface area contributed by atoms with E-state index in [4.69, 9.17) is 4.52 Å². The summed E-state index contributed by atoms with van der Waals surface area (Å²) in [5, 5.41) is 4.06. The van der Waals surface area contributed by atoms with Gasteiger partial charge in [0.15, 0.2) is 0 Å². The molecule has 1 saturated heterocycles. The highest BCUT2D eigenvalue weighted by atomic mass is 16.5. The van der Waals surface area contributed by atoms with Gasteiger partial charge in [0.25, 0.3) is 5.91 Å². The molecule has 1 aliphatic carbocycles. The molecule has 3 heterocycles. The molecular formula is C21H20N4O2. The molecule has 6 heteroatoms. The minimum atomic E-state index is -0.171. The Kier molecular flexibility index (Phi) is 3.96. The predicted molar refractivity (Wildman–Crippen MR) is 99.0 cm³/mol. The summed E-state index contributed by atoms with van der Waals surface area (Å²) >= 11 is 0. The summed E-state index contributed by atoms with van der Waals surface area (Å²) < 4.78 is 5.50. The van der Waals surface area contributed by atoms with Crippen molar-refractivity contribution in [2.24, 2.45) is 0 Å². The molecule has 1 aliphatic heterocycles. The number of fused-ring (bicyclic) bond motifs is 1. The Balaban J connectivity index is 1.41. The lowest BCUT2D eigenvalue weighted by atomic mass is 10.1. The molecule has 0 N–H and O–H groups in total. The number of aryl methyl sites for hydroxylation is 2. The summed E-state index contributed by atoms with van der Waals surface area (Å²) in [5.41, 5.74) is 4.11. The van der Waals surface area contributed by atoms with Gasteiger partial charge in [0.1, 0.15) is 11.7 Å². The molecule has 2 aliphatic rings. The maximum atomic E-state index is 13.1. The zero-order valence-electron chi connectivity index (χ0n) is 15.0. The van der Waals surface area contributed by atoms with Crippen LogP contribution in [-0.2, 0) is 12.8 Å². The number of pyridine rings is 1. The Morgan fingerprint density at radius 1 is 1.11 bits per heavy atom. The molecular weight excluding hydrogens is 340 g/mol. The largest absolute Gasteiger partial charge is 0.337 e. The van der Waals surface area contributed by atoms with Gasteiger partial charge in [-0.15, -0.1) is 0 Å². The second-order valence-corrected chi connectivity index (χ2v) is 7.16. The first-order chi connectivity index (χ1) is 13.3. The zero-order valence-corrected chi connectivity index (χ0v) is 15.0. The molecule has 3 aromatic rings. The van der Waals surface area contributed by atoms with Crippen molar-refractivity contribution < 1.29 is 9.32 Å². The first-order valence-electron chi connectivity index (χ1n) is 9.47. The number of benzene rings is 1. The lowest BCUT2D eigenvalue weighted by Crippen LogP contribution is -2.30. The number of rotatable bonds is 3. The average Bonchev–Trinajstić information content (AvgIpc) is 3.47. The molecule has 1 atom stereocenters. The summed E-state index contributed by atoms with van der Waals surface area (Å²) in [4.78, 5) is 23.8. The van der Waals surface area contributed by atoms with Crippen LogP contribution in [0.15, 0.2) is 47.1 Å². The van der Waals surface area contributed by atoms with E-state index < -0.39 is 0 Å². The van der Waals surface area contributed by atoms with Crippen LogP contribution in [0.5, 0.6) is 0 Å². The Labute approximate surface area is 157 Å². The van der Waals surface area contributed by atoms with Crippen LogP contribution < -0.4 is 0 Å². The number of carbonyl (C=O) groups excluding carboxylic acids is 1. The van der Waals surface area contributed by atoms with Crippen molar-refractivity contribution >= 4 is 5.91 Å². The van der Waals surface area contributed by atoms with Crippen molar-refractivity contribution in [3.63, 3.8) is 0 Å². The Hall–Kier alpha value is -3.02. The van der Waals surface area contributed by atoms with Gasteiger partial charge in [-0.2, -0.15) is 4.98 Å².